The van der Waals surface area contributed by atoms with Gasteiger partial charge in [-0.3, -0.25) is 0 Å². The quantitative estimate of drug-likeness (QED) is 0.0628. The van der Waals surface area contributed by atoms with Gasteiger partial charge in [-0.15, -0.1) is 0 Å². The number of phenolic OH excluding ortho intramolecular Hbond substituents is 12. The molecule has 0 saturated heterocycles. The summed E-state index contributed by atoms with van der Waals surface area (Å²) in [5.41, 5.74) is -0.619. The van der Waals surface area contributed by atoms with Crippen LogP contribution < -0.4 is 0 Å². The van der Waals surface area contributed by atoms with Crippen LogP contribution in [0.3, 0.4) is 0 Å². The van der Waals surface area contributed by atoms with Crippen LogP contribution in [-0.2, 0) is 0 Å². The first-order valence-corrected chi connectivity index (χ1v) is 34.2. The minimum absolute atomic E-state index is 0.00463. The molecule has 0 aliphatic rings. The van der Waals surface area contributed by atoms with Crippen LogP contribution in [-0.4, -0.2) is 170 Å². The van der Waals surface area contributed by atoms with Crippen molar-refractivity contribution in [2.75, 3.05) is 0 Å². The maximum atomic E-state index is 10.9. The van der Waals surface area contributed by atoms with E-state index in [1.807, 2.05) is 0 Å². The number of benzene rings is 16. The fourth-order valence-corrected chi connectivity index (χ4v) is 12.3. The van der Waals surface area contributed by atoms with E-state index in [0.717, 1.165) is 6.07 Å². The largest absolute Gasteiger partial charge is 0.508 e. The SMILES string of the molecule is O=C(O)c1c(O)ccc2c(O)cccc12.O=C(O)c1c(O)ccc2cc(O)ccc12.O=C(O)c1c(O)ccc2ccc(O)cc12.O=C(O)c1c(O)ccc2cccc(O)c12.O=C(O)c1cc(O)c(O)c2ccccc12.O=C(O)c1ccc(O)c2c(O)cccc12.O=C(O)c1ccc(O)c2cc(O)ccc12.O=C(O)c1ccc(O)c2ccc(O)cc12. The normalized spacial score (nSPS) is 10.4. The van der Waals surface area contributed by atoms with Crippen molar-refractivity contribution in [2.24, 2.45) is 0 Å². The molecule has 16 aromatic rings. The Balaban J connectivity index is 0.000000156. The third kappa shape index (κ3) is 19.3. The zero-order valence-corrected chi connectivity index (χ0v) is 61.1. The van der Waals surface area contributed by atoms with Gasteiger partial charge in [-0.05, 0) is 174 Å². The summed E-state index contributed by atoms with van der Waals surface area (Å²) in [5, 5.41) is 228. The minimum Gasteiger partial charge on any atom is -0.508 e. The highest BCUT2D eigenvalue weighted by Gasteiger charge is 2.22. The number of phenols is 16. The van der Waals surface area contributed by atoms with Crippen molar-refractivity contribution in [3.05, 3.63) is 287 Å². The number of carbonyl (C=O) groups is 8. The molecule has 0 aliphatic heterocycles. The minimum atomic E-state index is -1.26. The molecule has 0 fully saturated rings. The van der Waals surface area contributed by atoms with E-state index in [2.05, 4.69) is 0 Å². The molecular formula is C88H64O32. The Morgan fingerprint density at radius 3 is 1.04 bits per heavy atom. The van der Waals surface area contributed by atoms with Crippen LogP contribution in [0.1, 0.15) is 82.9 Å². The van der Waals surface area contributed by atoms with Crippen molar-refractivity contribution in [3.8, 4) is 92.0 Å². The van der Waals surface area contributed by atoms with Gasteiger partial charge >= 0.3 is 47.8 Å². The standard InChI is InChI=1S/8C11H8O4/c12-7-2-3-8-6(5-7)1-4-9(13)10(8)11(14)15;12-7-3-1-6-2-4-9(13)10(11(14)15)8(6)5-7;12-6-1-2-7-9(5-6)8(11(14)15)3-4-10(7)13;12-6-1-2-7-8(11(14)15)3-4-10(13)9(7)5-6;12-8-3-1-2-7-6(8)4-5-9(13)10(7)11(14)15;12-8-3-1-2-6-7(11(14)15)4-5-9(13)10(6)8;12-7-3-1-2-6-4-5-8(13)10(9(6)7)11(14)15;12-9-5-8(11(14)15)6-3-1-2-4-7(6)10(9)13/h8*1-5,12-13H,(H,14,15). The summed E-state index contributed by atoms with van der Waals surface area (Å²) in [4.78, 5) is 87.1. The molecule has 0 bridgehead atoms. The van der Waals surface area contributed by atoms with Gasteiger partial charge in [0, 0.05) is 64.6 Å². The zero-order chi connectivity index (χ0) is 88.0. The van der Waals surface area contributed by atoms with E-state index >= 15 is 0 Å². The average Bonchev–Trinajstić information content (AvgIpc) is 0.739. The summed E-state index contributed by atoms with van der Waals surface area (Å²) in [5.74, 6) is -11.7. The van der Waals surface area contributed by atoms with E-state index in [-0.39, 0.29) is 142 Å². The van der Waals surface area contributed by atoms with Crippen molar-refractivity contribution < 1.29 is 161 Å². The van der Waals surface area contributed by atoms with Crippen LogP contribution in [0.15, 0.2) is 243 Å². The molecule has 0 atom stereocenters. The van der Waals surface area contributed by atoms with E-state index in [0.29, 0.717) is 75.4 Å². The average molecular weight is 1630 g/mol. The third-order valence-corrected chi connectivity index (χ3v) is 17.7. The maximum Gasteiger partial charge on any atom is 0.340 e. The van der Waals surface area contributed by atoms with Gasteiger partial charge < -0.3 is 123 Å². The fraction of sp³-hybridized carbons (Fsp3) is 0. The molecule has 0 heterocycles. The van der Waals surface area contributed by atoms with Crippen LogP contribution in [0, 0.1) is 0 Å². The van der Waals surface area contributed by atoms with Crippen molar-refractivity contribution >= 4 is 134 Å². The summed E-state index contributed by atoms with van der Waals surface area (Å²) in [6.45, 7) is 0. The topological polar surface area (TPSA) is 622 Å². The lowest BCUT2D eigenvalue weighted by atomic mass is 10.0. The van der Waals surface area contributed by atoms with Crippen LogP contribution >= 0.6 is 0 Å². The summed E-state index contributed by atoms with van der Waals surface area (Å²) >= 11 is 0. The molecule has 0 saturated carbocycles. The Morgan fingerprint density at radius 1 is 0.167 bits per heavy atom. The Labute approximate surface area is 671 Å². The van der Waals surface area contributed by atoms with E-state index < -0.39 is 53.5 Å². The molecule has 24 N–H and O–H groups in total. The zero-order valence-electron chi connectivity index (χ0n) is 61.1. The highest BCUT2D eigenvalue weighted by Crippen LogP contribution is 2.40. The van der Waals surface area contributed by atoms with Gasteiger partial charge in [-0.2, -0.15) is 0 Å². The van der Waals surface area contributed by atoms with E-state index in [4.69, 9.17) is 40.9 Å². The molecule has 608 valence electrons. The van der Waals surface area contributed by atoms with E-state index in [1.165, 1.54) is 176 Å². The van der Waals surface area contributed by atoms with Crippen molar-refractivity contribution in [2.45, 2.75) is 0 Å². The number of aromatic carboxylic acids is 8. The molecule has 0 aromatic heterocycles. The van der Waals surface area contributed by atoms with E-state index in [1.54, 1.807) is 60.7 Å². The molecule has 0 aliphatic carbocycles. The molecule has 16 rings (SSSR count). The van der Waals surface area contributed by atoms with Crippen LogP contribution in [0.2, 0.25) is 0 Å². The molecule has 0 unspecified atom stereocenters. The number of fused-ring (bicyclic) bond motifs is 8. The van der Waals surface area contributed by atoms with Gasteiger partial charge in [0.1, 0.15) is 103 Å². The summed E-state index contributed by atoms with van der Waals surface area (Å²) < 4.78 is 0. The van der Waals surface area contributed by atoms with Gasteiger partial charge in [0.15, 0.2) is 11.5 Å². The molecular weight excluding hydrogens is 1570 g/mol. The van der Waals surface area contributed by atoms with Gasteiger partial charge in [-0.25, -0.2) is 38.4 Å². The van der Waals surface area contributed by atoms with Gasteiger partial charge in [0.25, 0.3) is 0 Å². The Morgan fingerprint density at radius 2 is 0.492 bits per heavy atom. The maximum absolute atomic E-state index is 10.9. The van der Waals surface area contributed by atoms with Crippen molar-refractivity contribution in [1.29, 1.82) is 0 Å². The number of aromatic hydroxyl groups is 16. The monoisotopic (exact) mass is 1630 g/mol. The van der Waals surface area contributed by atoms with Crippen molar-refractivity contribution in [3.63, 3.8) is 0 Å². The Hall–Kier alpha value is -17.8. The number of carboxylic acids is 8. The second-order valence-corrected chi connectivity index (χ2v) is 25.2. The number of hydrogen-bond donors (Lipinski definition) is 24. The van der Waals surface area contributed by atoms with Gasteiger partial charge in [0.05, 0.1) is 27.6 Å². The van der Waals surface area contributed by atoms with E-state index in [9.17, 15) is 120 Å². The van der Waals surface area contributed by atoms with Crippen LogP contribution in [0.5, 0.6) is 92.0 Å². The summed E-state index contributed by atoms with van der Waals surface area (Å²) in [7, 11) is 0. The molecule has 0 amide bonds. The van der Waals surface area contributed by atoms with Crippen molar-refractivity contribution in [1.82, 2.24) is 0 Å². The lowest BCUT2D eigenvalue weighted by Gasteiger charge is -2.06. The predicted octanol–water partition coefficient (Wildman–Crippen LogP) is 15.6. The molecule has 0 radical (unpaired) electrons. The molecule has 0 spiro atoms. The number of hydrogen-bond acceptors (Lipinski definition) is 24. The second-order valence-electron chi connectivity index (χ2n) is 25.2. The molecule has 32 heteroatoms. The highest BCUT2D eigenvalue weighted by atomic mass is 16.4. The molecule has 16 aromatic carbocycles. The fourth-order valence-electron chi connectivity index (χ4n) is 12.3. The number of carboxylic acid groups (broad SMARTS) is 8. The van der Waals surface area contributed by atoms with Crippen LogP contribution in [0.25, 0.3) is 86.2 Å². The van der Waals surface area contributed by atoms with Gasteiger partial charge in [0.2, 0.25) is 0 Å². The lowest BCUT2D eigenvalue weighted by Crippen LogP contribution is -1.98. The summed E-state index contributed by atoms with van der Waals surface area (Å²) in [6.07, 6.45) is 0. The van der Waals surface area contributed by atoms with Crippen LogP contribution in [0.4, 0.5) is 0 Å². The van der Waals surface area contributed by atoms with Gasteiger partial charge in [-0.1, -0.05) is 84.9 Å². The molecule has 120 heavy (non-hydrogen) atoms. The second kappa shape index (κ2) is 36.8. The Bertz CT molecular complexity index is 6680. The first kappa shape index (κ1) is 86.1. The number of rotatable bonds is 8. The third-order valence-electron chi connectivity index (χ3n) is 17.7. The predicted molar refractivity (Wildman–Crippen MR) is 434 cm³/mol. The first-order chi connectivity index (χ1) is 56.8. The highest BCUT2D eigenvalue weighted by molar-refractivity contribution is 6.13. The smallest absolute Gasteiger partial charge is 0.340 e. The molecule has 32 nitrogen and oxygen atoms in total. The summed E-state index contributed by atoms with van der Waals surface area (Å²) in [6, 6.07) is 57.4. The lowest BCUT2D eigenvalue weighted by molar-refractivity contribution is 0.0684. The first-order valence-electron chi connectivity index (χ1n) is 34.2. The Kier molecular flexibility index (Phi) is 26.4.